The minimum Gasteiger partial charge on any atom is -0.377 e. The smallest absolute Gasteiger partial charge is 0.0231 e. The highest BCUT2D eigenvalue weighted by Crippen LogP contribution is 2.24. The number of thiol groups is 1. The van der Waals surface area contributed by atoms with Crippen molar-refractivity contribution in [3.8, 4) is 0 Å². The Balaban J connectivity index is 1.91. The van der Waals surface area contributed by atoms with Gasteiger partial charge in [-0.25, -0.2) is 0 Å². The number of rotatable bonds is 5. The van der Waals surface area contributed by atoms with Crippen LogP contribution >= 0.6 is 33.2 Å². The Labute approximate surface area is 119 Å². The van der Waals surface area contributed by atoms with Crippen LogP contribution in [0, 0.1) is 0 Å². The zero-order chi connectivity index (χ0) is 12.8. The molecule has 4 heteroatoms. The van der Waals surface area contributed by atoms with Crippen molar-refractivity contribution in [3.63, 3.8) is 0 Å². The summed E-state index contributed by atoms with van der Waals surface area (Å²) in [6.07, 6.45) is 0.761. The van der Waals surface area contributed by atoms with Gasteiger partial charge in [0.25, 0.3) is 0 Å². The second-order valence-electron chi connectivity index (χ2n) is 3.93. The third kappa shape index (κ3) is 4.33. The number of hydrogen-bond acceptors (Lipinski definition) is 3. The second-order valence-corrected chi connectivity index (χ2v) is 6.17. The van der Waals surface area contributed by atoms with E-state index in [2.05, 4.69) is 49.0 Å². The molecule has 0 radical (unpaired) electrons. The molecule has 2 rings (SSSR count). The van der Waals surface area contributed by atoms with E-state index >= 15 is 0 Å². The summed E-state index contributed by atoms with van der Waals surface area (Å²) in [6, 6.07) is 16.7. The molecule has 1 unspecified atom stereocenters. The molecule has 0 aliphatic carbocycles. The molecule has 0 saturated carbocycles. The van der Waals surface area contributed by atoms with E-state index in [1.165, 1.54) is 16.0 Å². The van der Waals surface area contributed by atoms with E-state index in [0.29, 0.717) is 0 Å². The first-order chi connectivity index (χ1) is 8.78. The zero-order valence-corrected chi connectivity index (χ0v) is 12.5. The van der Waals surface area contributed by atoms with Crippen LogP contribution in [-0.4, -0.2) is 4.89 Å². The summed E-state index contributed by atoms with van der Waals surface area (Å²) in [6.45, 7) is 0. The molecule has 0 aromatic heterocycles. The van der Waals surface area contributed by atoms with Crippen molar-refractivity contribution in [2.45, 2.75) is 21.7 Å². The molecule has 0 fully saturated rings. The fraction of sp³-hybridized carbons (Fsp3) is 0.143. The minimum absolute atomic E-state index is 0.00327. The molecule has 0 heterocycles. The van der Waals surface area contributed by atoms with Crippen LogP contribution in [0.15, 0.2) is 58.3 Å². The van der Waals surface area contributed by atoms with Crippen LogP contribution in [-0.2, 0) is 11.9 Å². The molecule has 18 heavy (non-hydrogen) atoms. The minimum atomic E-state index is -0.00327. The molecule has 0 saturated heterocycles. The molecule has 1 nitrogen and oxygen atoms in total. The predicted octanol–water partition coefficient (Wildman–Crippen LogP) is 4.35. The standard InChI is InChI=1S/C14H15OPS2/c15-16-9-11-1-3-12(4-2-11)10-18-14-7-5-13(17)6-8-14/h1-8,15-17H,9-10H2. The number of benzene rings is 2. The zero-order valence-electron chi connectivity index (χ0n) is 9.84. The van der Waals surface area contributed by atoms with E-state index in [9.17, 15) is 0 Å². The molecule has 2 aromatic carbocycles. The topological polar surface area (TPSA) is 20.2 Å². The van der Waals surface area contributed by atoms with Gasteiger partial charge in [0.15, 0.2) is 0 Å². The summed E-state index contributed by atoms with van der Waals surface area (Å²) < 4.78 is 0. The van der Waals surface area contributed by atoms with E-state index in [4.69, 9.17) is 4.89 Å². The Hall–Kier alpha value is -0.470. The lowest BCUT2D eigenvalue weighted by Gasteiger charge is -2.04. The van der Waals surface area contributed by atoms with Crippen LogP contribution in [0.25, 0.3) is 0 Å². The van der Waals surface area contributed by atoms with Gasteiger partial charge in [-0.1, -0.05) is 24.3 Å². The Kier molecular flexibility index (Phi) is 5.58. The first kappa shape index (κ1) is 14.0. The van der Waals surface area contributed by atoms with Gasteiger partial charge in [0.05, 0.1) is 0 Å². The SMILES string of the molecule is OPCc1ccc(CSc2ccc(S)cc2)cc1. The molecule has 0 spiro atoms. The normalized spacial score (nSPS) is 11.2. The van der Waals surface area contributed by atoms with Crippen molar-refractivity contribution in [1.82, 2.24) is 0 Å². The van der Waals surface area contributed by atoms with E-state index in [-0.39, 0.29) is 8.81 Å². The van der Waals surface area contributed by atoms with Crippen molar-refractivity contribution in [2.75, 3.05) is 0 Å². The molecule has 0 aliphatic rings. The molecule has 2 aromatic rings. The van der Waals surface area contributed by atoms with Crippen LogP contribution in [0.2, 0.25) is 0 Å². The van der Waals surface area contributed by atoms with Gasteiger partial charge >= 0.3 is 0 Å². The molecule has 0 amide bonds. The third-order valence-electron chi connectivity index (χ3n) is 2.55. The second kappa shape index (κ2) is 7.20. The van der Waals surface area contributed by atoms with Crippen LogP contribution in [0.4, 0.5) is 0 Å². The number of thioether (sulfide) groups is 1. The lowest BCUT2D eigenvalue weighted by atomic mass is 10.2. The van der Waals surface area contributed by atoms with Crippen molar-refractivity contribution in [3.05, 3.63) is 59.7 Å². The largest absolute Gasteiger partial charge is 0.377 e. The van der Waals surface area contributed by atoms with Crippen LogP contribution < -0.4 is 0 Å². The molecule has 1 N–H and O–H groups in total. The summed E-state index contributed by atoms with van der Waals surface area (Å²) in [7, 11) is -0.00327. The van der Waals surface area contributed by atoms with Crippen molar-refractivity contribution in [2.24, 2.45) is 0 Å². The number of hydrogen-bond donors (Lipinski definition) is 2. The van der Waals surface area contributed by atoms with Gasteiger partial charge in [-0.05, 0) is 35.4 Å². The third-order valence-corrected chi connectivity index (χ3v) is 4.50. The summed E-state index contributed by atoms with van der Waals surface area (Å²) >= 11 is 6.09. The summed E-state index contributed by atoms with van der Waals surface area (Å²) in [5.74, 6) is 0.966. The van der Waals surface area contributed by atoms with Gasteiger partial charge in [0.2, 0.25) is 0 Å². The summed E-state index contributed by atoms with van der Waals surface area (Å²) in [5.41, 5.74) is 2.50. The highest BCUT2D eigenvalue weighted by Gasteiger charge is 1.97. The van der Waals surface area contributed by atoms with Crippen molar-refractivity contribution in [1.29, 1.82) is 0 Å². The van der Waals surface area contributed by atoms with Gasteiger partial charge < -0.3 is 4.89 Å². The lowest BCUT2D eigenvalue weighted by molar-refractivity contribution is 0.644. The quantitative estimate of drug-likeness (QED) is 0.485. The molecular formula is C14H15OPS2. The van der Waals surface area contributed by atoms with E-state index < -0.39 is 0 Å². The lowest BCUT2D eigenvalue weighted by Crippen LogP contribution is -1.83. The van der Waals surface area contributed by atoms with Crippen LogP contribution in [0.1, 0.15) is 11.1 Å². The monoisotopic (exact) mass is 294 g/mol. The van der Waals surface area contributed by atoms with Gasteiger partial charge in [0, 0.05) is 30.5 Å². The summed E-state index contributed by atoms with van der Waals surface area (Å²) in [4.78, 5) is 11.1. The average molecular weight is 294 g/mol. The Morgan fingerprint density at radius 3 is 2.17 bits per heavy atom. The van der Waals surface area contributed by atoms with Crippen LogP contribution in [0.3, 0.4) is 0 Å². The fourth-order valence-electron chi connectivity index (χ4n) is 1.55. The molecule has 0 bridgehead atoms. The van der Waals surface area contributed by atoms with E-state index in [1.54, 1.807) is 0 Å². The molecule has 1 atom stereocenters. The first-order valence-electron chi connectivity index (χ1n) is 5.64. The summed E-state index contributed by atoms with van der Waals surface area (Å²) in [5, 5.41) is 0. The highest BCUT2D eigenvalue weighted by atomic mass is 32.2. The maximum atomic E-state index is 8.88. The van der Waals surface area contributed by atoms with Crippen molar-refractivity contribution < 1.29 is 4.89 Å². The molecule has 0 aliphatic heterocycles. The van der Waals surface area contributed by atoms with Gasteiger partial charge in [-0.15, -0.1) is 24.4 Å². The van der Waals surface area contributed by atoms with E-state index in [0.717, 1.165) is 16.8 Å². The Bertz CT molecular complexity index is 482. The predicted molar refractivity (Wildman–Crippen MR) is 83.9 cm³/mol. The van der Waals surface area contributed by atoms with Crippen molar-refractivity contribution >= 4 is 33.2 Å². The first-order valence-corrected chi connectivity index (χ1v) is 8.23. The van der Waals surface area contributed by atoms with E-state index in [1.807, 2.05) is 23.9 Å². The maximum absolute atomic E-state index is 8.88. The van der Waals surface area contributed by atoms with Crippen LogP contribution in [0.5, 0.6) is 0 Å². The average Bonchev–Trinajstić information content (AvgIpc) is 2.40. The van der Waals surface area contributed by atoms with Gasteiger partial charge in [-0.2, -0.15) is 0 Å². The Morgan fingerprint density at radius 1 is 0.944 bits per heavy atom. The van der Waals surface area contributed by atoms with Gasteiger partial charge in [-0.3, -0.25) is 0 Å². The van der Waals surface area contributed by atoms with Gasteiger partial charge in [0.1, 0.15) is 0 Å². The Morgan fingerprint density at radius 2 is 1.56 bits per heavy atom. The fourth-order valence-corrected chi connectivity index (χ4v) is 2.98. The highest BCUT2D eigenvalue weighted by molar-refractivity contribution is 7.98. The molecular weight excluding hydrogens is 279 g/mol. The maximum Gasteiger partial charge on any atom is 0.0231 e. The molecule has 94 valence electrons.